The van der Waals surface area contributed by atoms with Crippen LogP contribution < -0.4 is 0 Å². The number of rotatable bonds is 1. The fourth-order valence-corrected chi connectivity index (χ4v) is 1.26. The van der Waals surface area contributed by atoms with Crippen molar-refractivity contribution in [1.29, 1.82) is 0 Å². The van der Waals surface area contributed by atoms with Gasteiger partial charge in [0.05, 0.1) is 0 Å². The Labute approximate surface area is 140 Å². The van der Waals surface area contributed by atoms with E-state index in [9.17, 15) is 0 Å². The first kappa shape index (κ1) is 25.4. The largest absolute Gasteiger partial charge is 0.0683 e. The Morgan fingerprint density at radius 3 is 0.818 bits per heavy atom. The molecule has 0 radical (unpaired) electrons. The molecule has 0 aromatic heterocycles. The highest BCUT2D eigenvalue weighted by atomic mass is 14.0. The van der Waals surface area contributed by atoms with Crippen LogP contribution in [0, 0.1) is 0 Å². The quantitative estimate of drug-likeness (QED) is 0.497. The highest BCUT2D eigenvalue weighted by Crippen LogP contribution is 2.17. The normalized spacial score (nSPS) is 7.45. The molecule has 2 rings (SSSR count). The molecule has 0 aliphatic rings. The number of hydrogen-bond donors (Lipinski definition) is 0. The van der Waals surface area contributed by atoms with Crippen molar-refractivity contribution >= 4 is 0 Å². The van der Waals surface area contributed by atoms with E-state index in [2.05, 4.69) is 76.2 Å². The lowest BCUT2D eigenvalue weighted by molar-refractivity contribution is 1.09. The second-order valence-electron chi connectivity index (χ2n) is 4.15. The van der Waals surface area contributed by atoms with Gasteiger partial charge in [0.2, 0.25) is 0 Å². The zero-order valence-corrected chi connectivity index (χ0v) is 16.2. The predicted octanol–water partition coefficient (Wildman–Crippen LogP) is 8.24. The van der Waals surface area contributed by atoms with Crippen molar-refractivity contribution in [3.05, 3.63) is 60.7 Å². The van der Waals surface area contributed by atoms with Crippen molar-refractivity contribution in [2.24, 2.45) is 0 Å². The first-order valence-electron chi connectivity index (χ1n) is 8.90. The monoisotopic (exact) mass is 302 g/mol. The van der Waals surface area contributed by atoms with E-state index in [0.717, 1.165) is 0 Å². The molecule has 0 aliphatic heterocycles. The third-order valence-electron chi connectivity index (χ3n) is 1.88. The van der Waals surface area contributed by atoms with Gasteiger partial charge in [-0.1, -0.05) is 129 Å². The minimum absolute atomic E-state index is 1.25. The van der Waals surface area contributed by atoms with E-state index < -0.39 is 0 Å². The van der Waals surface area contributed by atoms with Crippen molar-refractivity contribution in [3.8, 4) is 11.1 Å². The van der Waals surface area contributed by atoms with Crippen LogP contribution in [-0.4, -0.2) is 0 Å². The van der Waals surface area contributed by atoms with Crippen LogP contribution in [0.3, 0.4) is 0 Å². The molecular weight excluding hydrogens is 264 g/mol. The zero-order valence-electron chi connectivity index (χ0n) is 16.2. The highest BCUT2D eigenvalue weighted by molar-refractivity contribution is 5.62. The summed E-state index contributed by atoms with van der Waals surface area (Å²) in [6.45, 7) is 16.5. The molecule has 0 heterocycles. The van der Waals surface area contributed by atoms with E-state index in [-0.39, 0.29) is 0 Å². The molecule has 0 bridgehead atoms. The van der Waals surface area contributed by atoms with Crippen molar-refractivity contribution in [1.82, 2.24) is 0 Å². The highest BCUT2D eigenvalue weighted by Gasteiger charge is 1.91. The lowest BCUT2D eigenvalue weighted by Gasteiger charge is -1.98. The summed E-state index contributed by atoms with van der Waals surface area (Å²) in [5, 5.41) is 0. The average Bonchev–Trinajstić information content (AvgIpc) is 2.61. The van der Waals surface area contributed by atoms with Gasteiger partial charge < -0.3 is 0 Å². The molecule has 0 N–H and O–H groups in total. The van der Waals surface area contributed by atoms with E-state index in [1.807, 2.05) is 39.8 Å². The maximum absolute atomic E-state index is 2.12. The molecule has 2 aromatic carbocycles. The van der Waals surface area contributed by atoms with Gasteiger partial charge in [0.1, 0.15) is 0 Å². The van der Waals surface area contributed by atoms with E-state index in [0.29, 0.717) is 0 Å². The topological polar surface area (TPSA) is 0 Å². The standard InChI is InChI=1S/C12H10.2C3H8.2C2H6/c1-3-7-11(8-4-1)12-9-5-2-6-10-12;2*1-3-2;2*1-2/h1-10H;2*3H2,1-2H3;2*1-2H3. The zero-order chi connectivity index (χ0) is 17.6. The Balaban J connectivity index is -0.000000306. The first-order valence-corrected chi connectivity index (χ1v) is 8.90. The molecule has 0 unspecified atom stereocenters. The molecule has 0 aliphatic carbocycles. The van der Waals surface area contributed by atoms with Gasteiger partial charge in [0.15, 0.2) is 0 Å². The van der Waals surface area contributed by atoms with Gasteiger partial charge in [-0.2, -0.15) is 0 Å². The Morgan fingerprint density at radius 2 is 0.636 bits per heavy atom. The molecule has 0 saturated carbocycles. The van der Waals surface area contributed by atoms with Gasteiger partial charge in [-0.15, -0.1) is 0 Å². The Morgan fingerprint density at radius 1 is 0.455 bits per heavy atom. The van der Waals surface area contributed by atoms with Crippen LogP contribution >= 0.6 is 0 Å². The summed E-state index contributed by atoms with van der Waals surface area (Å²) in [5.74, 6) is 0. The van der Waals surface area contributed by atoms with Crippen LogP contribution in [0.25, 0.3) is 11.1 Å². The summed E-state index contributed by atoms with van der Waals surface area (Å²) in [5.41, 5.74) is 2.55. The summed E-state index contributed by atoms with van der Waals surface area (Å²) >= 11 is 0. The van der Waals surface area contributed by atoms with Crippen LogP contribution in [0.2, 0.25) is 0 Å². The predicted molar refractivity (Wildman–Crippen MR) is 107 cm³/mol. The average molecular weight is 303 g/mol. The van der Waals surface area contributed by atoms with Crippen LogP contribution in [-0.2, 0) is 0 Å². The van der Waals surface area contributed by atoms with Crippen LogP contribution in [0.15, 0.2) is 60.7 Å². The lowest BCUT2D eigenvalue weighted by atomic mass is 10.1. The van der Waals surface area contributed by atoms with E-state index >= 15 is 0 Å². The third-order valence-corrected chi connectivity index (χ3v) is 1.88. The molecule has 0 fully saturated rings. The third kappa shape index (κ3) is 16.5. The first-order chi connectivity index (χ1) is 10.8. The number of hydrogen-bond acceptors (Lipinski definition) is 0. The minimum atomic E-state index is 1.25. The van der Waals surface area contributed by atoms with Crippen LogP contribution in [0.4, 0.5) is 0 Å². The molecule has 126 valence electrons. The molecule has 2 aromatic rings. The molecule has 0 heteroatoms. The molecule has 0 amide bonds. The van der Waals surface area contributed by atoms with Gasteiger partial charge in [-0.05, 0) is 11.1 Å². The lowest BCUT2D eigenvalue weighted by Crippen LogP contribution is -1.73. The fraction of sp³-hybridized carbons (Fsp3) is 0.455. The molecular formula is C22H38. The number of benzene rings is 2. The smallest absolute Gasteiger partial charge is 0.0184 e. The van der Waals surface area contributed by atoms with Crippen molar-refractivity contribution in [3.63, 3.8) is 0 Å². The van der Waals surface area contributed by atoms with Crippen molar-refractivity contribution in [2.75, 3.05) is 0 Å². The Hall–Kier alpha value is -1.56. The minimum Gasteiger partial charge on any atom is -0.0683 e. The SMILES string of the molecule is CC.CC.CCC.CCC.c1ccc(-c2ccccc2)cc1. The Bertz CT molecular complexity index is 322. The van der Waals surface area contributed by atoms with Crippen LogP contribution in [0.5, 0.6) is 0 Å². The summed E-state index contributed by atoms with van der Waals surface area (Å²) in [7, 11) is 0. The van der Waals surface area contributed by atoms with Gasteiger partial charge >= 0.3 is 0 Å². The van der Waals surface area contributed by atoms with Gasteiger partial charge in [0, 0.05) is 0 Å². The molecule has 0 nitrogen and oxygen atoms in total. The summed E-state index contributed by atoms with van der Waals surface area (Å²) in [6.07, 6.45) is 2.50. The molecule has 22 heavy (non-hydrogen) atoms. The maximum Gasteiger partial charge on any atom is -0.0184 e. The maximum atomic E-state index is 2.12. The molecule has 0 saturated heterocycles. The fourth-order valence-electron chi connectivity index (χ4n) is 1.26. The summed E-state index contributed by atoms with van der Waals surface area (Å²) in [4.78, 5) is 0. The summed E-state index contributed by atoms with van der Waals surface area (Å²) in [6, 6.07) is 20.8. The van der Waals surface area contributed by atoms with E-state index in [1.165, 1.54) is 24.0 Å². The second kappa shape index (κ2) is 24.5. The summed E-state index contributed by atoms with van der Waals surface area (Å²) < 4.78 is 0. The Kier molecular flexibility index (Phi) is 28.2. The van der Waals surface area contributed by atoms with Crippen molar-refractivity contribution in [2.45, 2.75) is 68.2 Å². The van der Waals surface area contributed by atoms with Gasteiger partial charge in [-0.3, -0.25) is 0 Å². The van der Waals surface area contributed by atoms with Crippen LogP contribution in [0.1, 0.15) is 68.2 Å². The van der Waals surface area contributed by atoms with Gasteiger partial charge in [-0.25, -0.2) is 0 Å². The molecule has 0 atom stereocenters. The van der Waals surface area contributed by atoms with E-state index in [1.54, 1.807) is 0 Å². The molecule has 0 spiro atoms. The second-order valence-corrected chi connectivity index (χ2v) is 4.15. The van der Waals surface area contributed by atoms with E-state index in [4.69, 9.17) is 0 Å². The van der Waals surface area contributed by atoms with Gasteiger partial charge in [0.25, 0.3) is 0 Å². The van der Waals surface area contributed by atoms with Crippen molar-refractivity contribution < 1.29 is 0 Å².